The lowest BCUT2D eigenvalue weighted by atomic mass is 9.98. The number of hydrogen-bond donors (Lipinski definition) is 1. The van der Waals surface area contributed by atoms with E-state index in [4.69, 9.17) is 4.98 Å². The molecule has 1 N–H and O–H groups in total. The van der Waals surface area contributed by atoms with E-state index in [2.05, 4.69) is 24.4 Å². The average molecular weight is 333 g/mol. The van der Waals surface area contributed by atoms with Gasteiger partial charge < -0.3 is 5.32 Å². The van der Waals surface area contributed by atoms with Crippen LogP contribution in [0.15, 0.2) is 30.3 Å². The number of hydrogen-bond acceptors (Lipinski definition) is 4. The van der Waals surface area contributed by atoms with E-state index in [1.165, 1.54) is 6.26 Å². The number of pyridine rings is 1. The first kappa shape index (κ1) is 16.2. The minimum atomic E-state index is -3.05. The van der Waals surface area contributed by atoms with Crippen molar-refractivity contribution in [3.05, 3.63) is 35.9 Å². The third-order valence-corrected chi connectivity index (χ3v) is 5.82. The lowest BCUT2D eigenvalue weighted by Gasteiger charge is -2.30. The number of piperidine rings is 1. The van der Waals surface area contributed by atoms with Crippen LogP contribution in [0.4, 0.5) is 5.82 Å². The van der Waals surface area contributed by atoms with Crippen LogP contribution in [0.3, 0.4) is 0 Å². The van der Waals surface area contributed by atoms with Crippen LogP contribution >= 0.6 is 0 Å². The molecule has 0 radical (unpaired) electrons. The molecule has 0 atom stereocenters. The monoisotopic (exact) mass is 333 g/mol. The van der Waals surface area contributed by atoms with E-state index in [-0.39, 0.29) is 0 Å². The third-order valence-electron chi connectivity index (χ3n) is 4.52. The molecule has 1 aromatic carbocycles. The van der Waals surface area contributed by atoms with Crippen molar-refractivity contribution in [1.29, 1.82) is 0 Å². The number of rotatable bonds is 4. The summed E-state index contributed by atoms with van der Waals surface area (Å²) in [6.07, 6.45) is 3.08. The van der Waals surface area contributed by atoms with Gasteiger partial charge in [0.05, 0.1) is 11.8 Å². The van der Waals surface area contributed by atoms with E-state index >= 15 is 0 Å². The summed E-state index contributed by atoms with van der Waals surface area (Å²) in [5.41, 5.74) is 2.13. The Bertz CT molecular complexity index is 797. The highest BCUT2D eigenvalue weighted by Gasteiger charge is 2.24. The quantitative estimate of drug-likeness (QED) is 0.934. The van der Waals surface area contributed by atoms with Crippen LogP contribution < -0.4 is 5.32 Å². The lowest BCUT2D eigenvalue weighted by Crippen LogP contribution is -2.39. The Hall–Kier alpha value is -1.66. The van der Waals surface area contributed by atoms with Crippen LogP contribution in [0.2, 0.25) is 0 Å². The van der Waals surface area contributed by atoms with Gasteiger partial charge in [0.2, 0.25) is 10.0 Å². The standard InChI is InChI=1S/C17H23N3O2S/c1-13-11-15-5-3-4-6-16(15)19-17(13)18-12-14-7-9-20(10-8-14)23(2,21)22/h3-6,11,14H,7-10,12H2,1-2H3,(H,18,19). The fourth-order valence-electron chi connectivity index (χ4n) is 3.09. The minimum absolute atomic E-state index is 0.487. The van der Waals surface area contributed by atoms with Crippen LogP contribution in [0.5, 0.6) is 0 Å². The molecule has 2 aromatic rings. The van der Waals surface area contributed by atoms with Gasteiger partial charge in [-0.25, -0.2) is 17.7 Å². The molecule has 0 amide bonds. The molecule has 1 saturated heterocycles. The second kappa shape index (κ2) is 6.45. The number of fused-ring (bicyclic) bond motifs is 1. The van der Waals surface area contributed by atoms with Gasteiger partial charge in [-0.15, -0.1) is 0 Å². The maximum Gasteiger partial charge on any atom is 0.211 e. The molecule has 0 aliphatic carbocycles. The Kier molecular flexibility index (Phi) is 4.55. The van der Waals surface area contributed by atoms with E-state index in [0.29, 0.717) is 19.0 Å². The van der Waals surface area contributed by atoms with Crippen molar-refractivity contribution in [2.75, 3.05) is 31.2 Å². The molecule has 1 aromatic heterocycles. The Morgan fingerprint density at radius 1 is 1.26 bits per heavy atom. The number of aryl methyl sites for hydroxylation is 1. The summed E-state index contributed by atoms with van der Waals surface area (Å²) in [6, 6.07) is 10.3. The molecule has 1 aliphatic rings. The zero-order valence-electron chi connectivity index (χ0n) is 13.6. The van der Waals surface area contributed by atoms with E-state index in [1.807, 2.05) is 18.2 Å². The summed E-state index contributed by atoms with van der Waals surface area (Å²) in [5, 5.41) is 4.60. The maximum atomic E-state index is 11.5. The van der Waals surface area contributed by atoms with Crippen molar-refractivity contribution in [1.82, 2.24) is 9.29 Å². The summed E-state index contributed by atoms with van der Waals surface area (Å²) < 4.78 is 24.7. The van der Waals surface area contributed by atoms with Gasteiger partial charge in [-0.05, 0) is 43.4 Å². The molecule has 0 bridgehead atoms. The Balaban J connectivity index is 1.62. The van der Waals surface area contributed by atoms with Crippen molar-refractivity contribution in [2.24, 2.45) is 5.92 Å². The van der Waals surface area contributed by atoms with Gasteiger partial charge in [-0.3, -0.25) is 0 Å². The van der Waals surface area contributed by atoms with Crippen LogP contribution in [-0.4, -0.2) is 43.6 Å². The van der Waals surface area contributed by atoms with Gasteiger partial charge >= 0.3 is 0 Å². The fourth-order valence-corrected chi connectivity index (χ4v) is 3.96. The highest BCUT2D eigenvalue weighted by atomic mass is 32.2. The second-order valence-electron chi connectivity index (χ2n) is 6.33. The Labute approximate surface area is 137 Å². The van der Waals surface area contributed by atoms with Gasteiger partial charge in [0.15, 0.2) is 0 Å². The van der Waals surface area contributed by atoms with Crippen LogP contribution in [0.25, 0.3) is 10.9 Å². The van der Waals surface area contributed by atoms with E-state index in [9.17, 15) is 8.42 Å². The van der Waals surface area contributed by atoms with Crippen LogP contribution in [-0.2, 0) is 10.0 Å². The number of nitrogens with one attached hydrogen (secondary N) is 1. The molecule has 1 fully saturated rings. The molecule has 3 rings (SSSR count). The van der Waals surface area contributed by atoms with Gasteiger partial charge in [-0.2, -0.15) is 0 Å². The number of anilines is 1. The maximum absolute atomic E-state index is 11.5. The van der Waals surface area contributed by atoms with Gasteiger partial charge in [0.1, 0.15) is 5.82 Å². The van der Waals surface area contributed by atoms with Gasteiger partial charge in [-0.1, -0.05) is 18.2 Å². The zero-order valence-corrected chi connectivity index (χ0v) is 14.4. The molecule has 0 saturated carbocycles. The Morgan fingerprint density at radius 2 is 1.96 bits per heavy atom. The number of nitrogens with zero attached hydrogens (tertiary/aromatic N) is 2. The minimum Gasteiger partial charge on any atom is -0.370 e. The van der Waals surface area contributed by atoms with Gasteiger partial charge in [0.25, 0.3) is 0 Å². The summed E-state index contributed by atoms with van der Waals surface area (Å²) >= 11 is 0. The summed E-state index contributed by atoms with van der Waals surface area (Å²) in [6.45, 7) is 4.14. The molecule has 6 heteroatoms. The lowest BCUT2D eigenvalue weighted by molar-refractivity contribution is 0.283. The summed E-state index contributed by atoms with van der Waals surface area (Å²) in [4.78, 5) is 4.70. The van der Waals surface area contributed by atoms with Gasteiger partial charge in [0, 0.05) is 25.0 Å². The summed E-state index contributed by atoms with van der Waals surface area (Å²) in [5.74, 6) is 1.41. The summed E-state index contributed by atoms with van der Waals surface area (Å²) in [7, 11) is -3.05. The first-order valence-electron chi connectivity index (χ1n) is 7.99. The number of para-hydroxylation sites is 1. The molecular formula is C17H23N3O2S. The van der Waals surface area contributed by atoms with Crippen molar-refractivity contribution in [3.8, 4) is 0 Å². The van der Waals surface area contributed by atoms with E-state index < -0.39 is 10.0 Å². The normalized spacial score (nSPS) is 17.5. The molecule has 0 spiro atoms. The van der Waals surface area contributed by atoms with E-state index in [0.717, 1.165) is 41.7 Å². The first-order valence-corrected chi connectivity index (χ1v) is 9.84. The molecule has 2 heterocycles. The molecule has 0 unspecified atom stereocenters. The number of aromatic nitrogens is 1. The average Bonchev–Trinajstić information content (AvgIpc) is 2.52. The van der Waals surface area contributed by atoms with Crippen molar-refractivity contribution >= 4 is 26.7 Å². The largest absolute Gasteiger partial charge is 0.370 e. The second-order valence-corrected chi connectivity index (χ2v) is 8.32. The molecule has 23 heavy (non-hydrogen) atoms. The van der Waals surface area contributed by atoms with Crippen molar-refractivity contribution in [3.63, 3.8) is 0 Å². The van der Waals surface area contributed by atoms with E-state index in [1.54, 1.807) is 4.31 Å². The highest BCUT2D eigenvalue weighted by molar-refractivity contribution is 7.88. The molecule has 5 nitrogen and oxygen atoms in total. The third kappa shape index (κ3) is 3.82. The number of benzene rings is 1. The van der Waals surface area contributed by atoms with Crippen LogP contribution in [0, 0.1) is 12.8 Å². The smallest absolute Gasteiger partial charge is 0.211 e. The molecule has 124 valence electrons. The Morgan fingerprint density at radius 3 is 2.65 bits per heavy atom. The SMILES string of the molecule is Cc1cc2ccccc2nc1NCC1CCN(S(C)(=O)=O)CC1. The fraction of sp³-hybridized carbons (Fsp3) is 0.471. The van der Waals surface area contributed by atoms with Crippen molar-refractivity contribution < 1.29 is 8.42 Å². The first-order chi connectivity index (χ1) is 10.9. The molecular weight excluding hydrogens is 310 g/mol. The van der Waals surface area contributed by atoms with Crippen molar-refractivity contribution in [2.45, 2.75) is 19.8 Å². The zero-order chi connectivity index (χ0) is 16.4. The predicted molar refractivity (Wildman–Crippen MR) is 94.1 cm³/mol. The topological polar surface area (TPSA) is 62.3 Å². The van der Waals surface area contributed by atoms with Crippen LogP contribution in [0.1, 0.15) is 18.4 Å². The highest BCUT2D eigenvalue weighted by Crippen LogP contribution is 2.22. The number of sulfonamides is 1. The predicted octanol–water partition coefficient (Wildman–Crippen LogP) is 2.63. The molecule has 1 aliphatic heterocycles.